The molecule has 2 aliphatic heterocycles. The standard InChI is InChI=1S/C25H28N4O2.C22H22N4O2.C3H7Br.2CH4/c1-3-11-28-15-22-21(23(22)16-28)9-6-18-4-7-19(8-5-18)24-13-20(27-31-24)14-29-12-10-26-25(29)17(2)30;1-14(27)22-24-8-9-26(22)13-17-10-21(28-25-17)16-5-2-15(3-6-16)4-7-18-19-11-23-12-20(18)19;1-2-3-4;;/h4-5,7-8,10,12-13,17,21-23,30H,3,11,14-16H2,1-2H3;2-3,5-6,8-10,14,18-20,23,27H,11-13H2,1H3;2-3H2,1H3;2*1H4/t17-,21?,22-,23+;14-,18?,19-,20+;;;/m00.../s1. The van der Waals surface area contributed by atoms with Gasteiger partial charge in [0.25, 0.3) is 0 Å². The van der Waals surface area contributed by atoms with Crippen molar-refractivity contribution >= 4 is 15.9 Å². The summed E-state index contributed by atoms with van der Waals surface area (Å²) in [7, 11) is 0. The van der Waals surface area contributed by atoms with Crippen LogP contribution in [0.15, 0.2) is 94.5 Å². The van der Waals surface area contributed by atoms with Gasteiger partial charge < -0.3 is 38.6 Å². The van der Waals surface area contributed by atoms with Gasteiger partial charge in [0, 0.05) is 89.4 Å². The molecule has 4 aliphatic rings. The minimum Gasteiger partial charge on any atom is -0.385 e. The van der Waals surface area contributed by atoms with E-state index in [0.29, 0.717) is 36.6 Å². The second kappa shape index (κ2) is 22.8. The Morgan fingerprint density at radius 3 is 1.52 bits per heavy atom. The summed E-state index contributed by atoms with van der Waals surface area (Å²) in [5, 5.41) is 32.4. The molecule has 4 aromatic heterocycles. The molecule has 65 heavy (non-hydrogen) atoms. The molecule has 8 atom stereocenters. The molecule has 2 saturated heterocycles. The minimum absolute atomic E-state index is 0. The maximum atomic E-state index is 9.80. The number of alkyl halides is 1. The van der Waals surface area contributed by atoms with Gasteiger partial charge in [-0.1, -0.05) is 78.6 Å². The maximum Gasteiger partial charge on any atom is 0.167 e. The smallest absolute Gasteiger partial charge is 0.167 e. The molecular formula is C52H65BrN8O4. The lowest BCUT2D eigenvalue weighted by molar-refractivity contribution is 0.184. The van der Waals surface area contributed by atoms with E-state index in [1.54, 1.807) is 26.2 Å². The minimum atomic E-state index is -0.625. The highest BCUT2D eigenvalue weighted by molar-refractivity contribution is 9.09. The maximum absolute atomic E-state index is 9.80. The molecule has 0 bridgehead atoms. The van der Waals surface area contributed by atoms with Crippen molar-refractivity contribution in [3.05, 3.63) is 120 Å². The van der Waals surface area contributed by atoms with E-state index in [9.17, 15) is 10.2 Å². The monoisotopic (exact) mass is 944 g/mol. The molecule has 2 unspecified atom stereocenters. The van der Waals surface area contributed by atoms with Gasteiger partial charge in [-0.25, -0.2) is 9.97 Å². The van der Waals surface area contributed by atoms with Crippen LogP contribution in [0.4, 0.5) is 0 Å². The van der Waals surface area contributed by atoms with Crippen molar-refractivity contribution in [2.24, 2.45) is 35.5 Å². The molecule has 2 saturated carbocycles. The summed E-state index contributed by atoms with van der Waals surface area (Å²) in [6, 6.07) is 20.1. The second-order valence-corrected chi connectivity index (χ2v) is 17.8. The number of rotatable bonds is 11. The number of hydrogen-bond donors (Lipinski definition) is 3. The van der Waals surface area contributed by atoms with Crippen molar-refractivity contribution in [3.8, 4) is 46.3 Å². The van der Waals surface area contributed by atoms with E-state index >= 15 is 0 Å². The summed E-state index contributed by atoms with van der Waals surface area (Å²) < 4.78 is 14.8. The number of aliphatic hydroxyl groups is 2. The number of aliphatic hydroxyl groups excluding tert-OH is 2. The first-order valence-electron chi connectivity index (χ1n) is 22.2. The summed E-state index contributed by atoms with van der Waals surface area (Å²) in [6.07, 6.45) is 8.24. The van der Waals surface area contributed by atoms with Gasteiger partial charge in [-0.15, -0.1) is 0 Å². The van der Waals surface area contributed by atoms with Gasteiger partial charge in [0.15, 0.2) is 11.5 Å². The van der Waals surface area contributed by atoms with Gasteiger partial charge in [-0.3, -0.25) is 0 Å². The van der Waals surface area contributed by atoms with E-state index in [1.165, 1.54) is 32.5 Å². The van der Waals surface area contributed by atoms with Gasteiger partial charge in [-0.05, 0) is 119 Å². The van der Waals surface area contributed by atoms with Crippen molar-refractivity contribution in [3.63, 3.8) is 0 Å². The second-order valence-electron chi connectivity index (χ2n) is 17.1. The molecule has 2 aliphatic carbocycles. The fourth-order valence-electron chi connectivity index (χ4n) is 8.77. The summed E-state index contributed by atoms with van der Waals surface area (Å²) in [4.78, 5) is 10.9. The number of fused-ring (bicyclic) bond motifs is 2. The number of benzene rings is 2. The molecular weight excluding hydrogens is 881 g/mol. The fourth-order valence-corrected chi connectivity index (χ4v) is 8.77. The summed E-state index contributed by atoms with van der Waals surface area (Å²) >= 11 is 3.25. The van der Waals surface area contributed by atoms with Gasteiger partial charge in [0.05, 0.1) is 13.1 Å². The van der Waals surface area contributed by atoms with Gasteiger partial charge >= 0.3 is 0 Å². The zero-order chi connectivity index (χ0) is 43.9. The molecule has 2 aromatic carbocycles. The van der Waals surface area contributed by atoms with Crippen molar-refractivity contribution < 1.29 is 19.3 Å². The van der Waals surface area contributed by atoms with Crippen LogP contribution in [0.25, 0.3) is 22.6 Å². The Morgan fingerprint density at radius 1 is 0.692 bits per heavy atom. The average Bonchev–Trinajstić information content (AvgIpc) is 3.95. The van der Waals surface area contributed by atoms with Crippen LogP contribution in [0, 0.1) is 59.2 Å². The molecule has 344 valence electrons. The summed E-state index contributed by atoms with van der Waals surface area (Å²) in [5.41, 5.74) is 5.59. The third kappa shape index (κ3) is 12.1. The molecule has 0 amide bonds. The topological polar surface area (TPSA) is 143 Å². The van der Waals surface area contributed by atoms with Crippen LogP contribution in [0.3, 0.4) is 0 Å². The Morgan fingerprint density at radius 2 is 1.12 bits per heavy atom. The lowest BCUT2D eigenvalue weighted by Gasteiger charge is -2.16. The zero-order valence-corrected chi connectivity index (χ0v) is 38.1. The Labute approximate surface area is 393 Å². The molecule has 13 heteroatoms. The van der Waals surface area contributed by atoms with E-state index in [-0.39, 0.29) is 14.9 Å². The molecule has 0 radical (unpaired) electrons. The molecule has 3 N–H and O–H groups in total. The van der Waals surface area contributed by atoms with E-state index in [4.69, 9.17) is 9.05 Å². The van der Waals surface area contributed by atoms with Gasteiger partial charge in [0.2, 0.25) is 0 Å². The van der Waals surface area contributed by atoms with Crippen LogP contribution in [0.5, 0.6) is 0 Å². The number of halogens is 1. The van der Waals surface area contributed by atoms with E-state index in [1.807, 2.05) is 82.2 Å². The van der Waals surface area contributed by atoms with Crippen molar-refractivity contribution in [1.29, 1.82) is 0 Å². The summed E-state index contributed by atoms with van der Waals surface area (Å²) in [5.74, 6) is 20.5. The number of nitrogens with zero attached hydrogens (tertiary/aromatic N) is 7. The number of aromatic nitrogens is 6. The van der Waals surface area contributed by atoms with E-state index in [2.05, 4.69) is 84.0 Å². The number of imidazole rings is 2. The van der Waals surface area contributed by atoms with Crippen LogP contribution >= 0.6 is 15.9 Å². The lowest BCUT2D eigenvalue weighted by Crippen LogP contribution is -2.24. The van der Waals surface area contributed by atoms with Crippen LogP contribution in [-0.2, 0) is 13.1 Å². The lowest BCUT2D eigenvalue weighted by atomic mass is 10.1. The van der Waals surface area contributed by atoms with Crippen LogP contribution in [0.1, 0.15) is 102 Å². The predicted molar refractivity (Wildman–Crippen MR) is 260 cm³/mol. The van der Waals surface area contributed by atoms with Gasteiger partial charge in [-0.2, -0.15) is 0 Å². The highest BCUT2D eigenvalue weighted by Gasteiger charge is 2.54. The molecule has 12 nitrogen and oxygen atoms in total. The first kappa shape index (κ1) is 49.2. The van der Waals surface area contributed by atoms with E-state index in [0.717, 1.165) is 87.3 Å². The molecule has 4 fully saturated rings. The van der Waals surface area contributed by atoms with Crippen molar-refractivity contribution in [2.75, 3.05) is 38.1 Å². The highest BCUT2D eigenvalue weighted by atomic mass is 79.9. The first-order valence-corrected chi connectivity index (χ1v) is 23.4. The number of hydrogen-bond acceptors (Lipinski definition) is 10. The number of likely N-dealkylation sites (tertiary alicyclic amines) is 1. The Bertz CT molecular complexity index is 2510. The van der Waals surface area contributed by atoms with E-state index < -0.39 is 12.2 Å². The largest absolute Gasteiger partial charge is 0.385 e. The predicted octanol–water partition coefficient (Wildman–Crippen LogP) is 9.10. The molecule has 6 heterocycles. The SMILES string of the molecule is C.C.CCCBr.CCCN1C[C@@H]2C(C#Cc3ccc(-c4cc(Cn5ccnc5[C@H](C)O)no4)cc3)[C@@H]2C1.C[C@H](O)c1nccn1Cc1cc(-c2ccc(C#CC3[C@H]4CNC[C@@H]34)cc2)on1. The summed E-state index contributed by atoms with van der Waals surface area (Å²) in [6.45, 7) is 14.7. The zero-order valence-electron chi connectivity index (χ0n) is 36.5. The van der Waals surface area contributed by atoms with Crippen molar-refractivity contribution in [1.82, 2.24) is 39.6 Å². The molecule has 10 rings (SSSR count). The Balaban J connectivity index is 0.000000194. The van der Waals surface area contributed by atoms with Crippen LogP contribution in [0.2, 0.25) is 0 Å². The van der Waals surface area contributed by atoms with Crippen LogP contribution < -0.4 is 5.32 Å². The third-order valence-corrected chi connectivity index (χ3v) is 13.0. The fraction of sp³-hybridized carbons (Fsp3) is 0.462. The Hall–Kier alpha value is -5.28. The molecule has 6 aromatic rings. The Kier molecular flexibility index (Phi) is 17.2. The quantitative estimate of drug-likeness (QED) is 0.0851. The first-order chi connectivity index (χ1) is 30.7. The molecule has 0 spiro atoms. The van der Waals surface area contributed by atoms with Crippen LogP contribution in [-0.4, -0.2) is 82.6 Å². The normalized spacial score (nSPS) is 21.8. The highest BCUT2D eigenvalue weighted by Crippen LogP contribution is 2.51. The number of nitrogens with one attached hydrogen (secondary N) is 1. The van der Waals surface area contributed by atoms with Gasteiger partial charge in [0.1, 0.15) is 35.2 Å². The van der Waals surface area contributed by atoms with Crippen molar-refractivity contribution in [2.45, 2.75) is 80.7 Å². The average molecular weight is 946 g/mol. The number of piperidine rings is 2. The third-order valence-electron chi connectivity index (χ3n) is 12.2.